The summed E-state index contributed by atoms with van der Waals surface area (Å²) in [6, 6.07) is 17.4. The van der Waals surface area contributed by atoms with Gasteiger partial charge in [-0.2, -0.15) is 0 Å². The predicted octanol–water partition coefficient (Wildman–Crippen LogP) is 4.80. The van der Waals surface area contributed by atoms with Crippen LogP contribution in [-0.4, -0.2) is 33.3 Å². The van der Waals surface area contributed by atoms with Gasteiger partial charge in [-0.1, -0.05) is 48.9 Å². The van der Waals surface area contributed by atoms with Gasteiger partial charge >= 0.3 is 0 Å². The minimum Gasteiger partial charge on any atom is -0.507 e. The van der Waals surface area contributed by atoms with Crippen molar-refractivity contribution in [1.82, 2.24) is 9.88 Å². The van der Waals surface area contributed by atoms with E-state index in [4.69, 9.17) is 4.74 Å². The first-order valence-corrected chi connectivity index (χ1v) is 11.0. The second-order valence-electron chi connectivity index (χ2n) is 8.07. The van der Waals surface area contributed by atoms with Crippen LogP contribution in [0.3, 0.4) is 0 Å². The zero-order valence-electron chi connectivity index (χ0n) is 18.7. The van der Waals surface area contributed by atoms with Gasteiger partial charge in [0.15, 0.2) is 0 Å². The number of Topliss-reactive ketones (excluding diaryl/α,β-unsaturated/α-hetero) is 1. The maximum atomic E-state index is 13.2. The molecule has 33 heavy (non-hydrogen) atoms. The van der Waals surface area contributed by atoms with E-state index in [1.54, 1.807) is 36.7 Å². The Bertz CT molecular complexity index is 1190. The Hall–Kier alpha value is -3.93. The van der Waals surface area contributed by atoms with Gasteiger partial charge in [0, 0.05) is 24.5 Å². The van der Waals surface area contributed by atoms with E-state index in [-0.39, 0.29) is 17.9 Å². The number of ether oxygens (including phenoxy) is 1. The molecule has 1 N–H and O–H groups in total. The van der Waals surface area contributed by atoms with Crippen molar-refractivity contribution in [3.05, 3.63) is 101 Å². The average Bonchev–Trinajstić information content (AvgIpc) is 3.08. The molecule has 0 aliphatic carbocycles. The number of benzene rings is 2. The molecule has 1 fully saturated rings. The van der Waals surface area contributed by atoms with Gasteiger partial charge in [-0.25, -0.2) is 0 Å². The first kappa shape index (κ1) is 22.3. The Labute approximate surface area is 193 Å². The molecule has 1 amide bonds. The van der Waals surface area contributed by atoms with E-state index >= 15 is 0 Å². The van der Waals surface area contributed by atoms with Crippen molar-refractivity contribution >= 4 is 17.4 Å². The highest BCUT2D eigenvalue weighted by Gasteiger charge is 2.46. The Morgan fingerprint density at radius 2 is 1.79 bits per heavy atom. The number of aryl methyl sites for hydroxylation is 1. The van der Waals surface area contributed by atoms with Crippen LogP contribution >= 0.6 is 0 Å². The molecule has 1 aliphatic heterocycles. The molecule has 0 radical (unpaired) electrons. The summed E-state index contributed by atoms with van der Waals surface area (Å²) in [6.07, 6.45) is 4.15. The van der Waals surface area contributed by atoms with Crippen LogP contribution in [0.2, 0.25) is 0 Å². The fourth-order valence-electron chi connectivity index (χ4n) is 3.94. The quantitative estimate of drug-likeness (QED) is 0.323. The molecule has 1 unspecified atom stereocenters. The van der Waals surface area contributed by atoms with Crippen LogP contribution < -0.4 is 4.74 Å². The molecule has 1 aliphatic rings. The van der Waals surface area contributed by atoms with Crippen LogP contribution in [0.1, 0.15) is 41.6 Å². The molecule has 1 aromatic heterocycles. The molecule has 3 aromatic rings. The lowest BCUT2D eigenvalue weighted by molar-refractivity contribution is -0.140. The number of hydrogen-bond acceptors (Lipinski definition) is 5. The number of aromatic nitrogens is 1. The third-order valence-electron chi connectivity index (χ3n) is 5.61. The highest BCUT2D eigenvalue weighted by molar-refractivity contribution is 6.46. The summed E-state index contributed by atoms with van der Waals surface area (Å²) in [7, 11) is 0. The normalized spacial score (nSPS) is 17.4. The van der Waals surface area contributed by atoms with E-state index in [0.29, 0.717) is 23.5 Å². The van der Waals surface area contributed by atoms with E-state index in [0.717, 1.165) is 17.5 Å². The van der Waals surface area contributed by atoms with Gasteiger partial charge in [-0.05, 0) is 48.7 Å². The van der Waals surface area contributed by atoms with E-state index in [2.05, 4.69) is 4.98 Å². The molecular weight excluding hydrogens is 416 g/mol. The standard InChI is InChI=1S/C27H26N2O4/c1-3-15-33-22-6-4-5-21(16-22)24-23(25(30)20-9-7-18(2)8-10-20)26(31)27(32)29(24)17-19-11-13-28-14-12-19/h4-14,16,24,30H,3,15,17H2,1-2H3/b25-23+. The highest BCUT2D eigenvalue weighted by atomic mass is 16.5. The SMILES string of the molecule is CCCOc1cccc(C2/C(=C(\O)c3ccc(C)cc3)C(=O)C(=O)N2Cc2ccncc2)c1. The Morgan fingerprint density at radius 3 is 2.48 bits per heavy atom. The lowest BCUT2D eigenvalue weighted by atomic mass is 9.94. The largest absolute Gasteiger partial charge is 0.507 e. The number of hydrogen-bond donors (Lipinski definition) is 1. The lowest BCUT2D eigenvalue weighted by Gasteiger charge is -2.25. The number of carbonyl (C=O) groups excluding carboxylic acids is 2. The third-order valence-corrected chi connectivity index (χ3v) is 5.61. The van der Waals surface area contributed by atoms with Crippen LogP contribution in [0, 0.1) is 6.92 Å². The summed E-state index contributed by atoms with van der Waals surface area (Å²) >= 11 is 0. The first-order valence-electron chi connectivity index (χ1n) is 11.0. The topological polar surface area (TPSA) is 79.7 Å². The minimum atomic E-state index is -0.746. The maximum absolute atomic E-state index is 13.2. The summed E-state index contributed by atoms with van der Waals surface area (Å²) in [4.78, 5) is 31.8. The van der Waals surface area contributed by atoms with Gasteiger partial charge in [-0.3, -0.25) is 14.6 Å². The second kappa shape index (κ2) is 9.69. The fourth-order valence-corrected chi connectivity index (χ4v) is 3.94. The molecular formula is C27H26N2O4. The first-order chi connectivity index (χ1) is 16.0. The smallest absolute Gasteiger partial charge is 0.295 e. The number of carbonyl (C=O) groups is 2. The van der Waals surface area contributed by atoms with Crippen LogP contribution in [0.4, 0.5) is 0 Å². The molecule has 168 valence electrons. The summed E-state index contributed by atoms with van der Waals surface area (Å²) in [5.41, 5.74) is 3.13. The van der Waals surface area contributed by atoms with Crippen molar-refractivity contribution in [3.63, 3.8) is 0 Å². The molecule has 1 atom stereocenters. The van der Waals surface area contributed by atoms with E-state index < -0.39 is 17.7 Å². The minimum absolute atomic E-state index is 0.0746. The van der Waals surface area contributed by atoms with E-state index in [1.807, 2.05) is 50.2 Å². The highest BCUT2D eigenvalue weighted by Crippen LogP contribution is 2.41. The summed E-state index contributed by atoms with van der Waals surface area (Å²) < 4.78 is 5.78. The molecule has 0 bridgehead atoms. The van der Waals surface area contributed by atoms with Crippen LogP contribution in [0.25, 0.3) is 5.76 Å². The van der Waals surface area contributed by atoms with Crippen molar-refractivity contribution < 1.29 is 19.4 Å². The van der Waals surface area contributed by atoms with Gasteiger partial charge in [0.1, 0.15) is 11.5 Å². The van der Waals surface area contributed by atoms with Gasteiger partial charge < -0.3 is 14.7 Å². The molecule has 2 heterocycles. The van der Waals surface area contributed by atoms with Gasteiger partial charge in [0.25, 0.3) is 11.7 Å². The third kappa shape index (κ3) is 4.65. The molecule has 2 aromatic carbocycles. The van der Waals surface area contributed by atoms with Crippen molar-refractivity contribution in [2.75, 3.05) is 6.61 Å². The monoisotopic (exact) mass is 442 g/mol. The van der Waals surface area contributed by atoms with Crippen molar-refractivity contribution in [2.24, 2.45) is 0 Å². The zero-order chi connectivity index (χ0) is 23.4. The molecule has 0 saturated carbocycles. The fraction of sp³-hybridized carbons (Fsp3) is 0.222. The number of nitrogens with zero attached hydrogens (tertiary/aromatic N) is 2. The van der Waals surface area contributed by atoms with Gasteiger partial charge in [0.05, 0.1) is 18.2 Å². The van der Waals surface area contributed by atoms with Crippen molar-refractivity contribution in [3.8, 4) is 5.75 Å². The molecule has 6 heteroatoms. The summed E-state index contributed by atoms with van der Waals surface area (Å²) in [5.74, 6) is -0.882. The van der Waals surface area contributed by atoms with Gasteiger partial charge in [0.2, 0.25) is 0 Å². The molecule has 4 rings (SSSR count). The number of aliphatic hydroxyl groups excluding tert-OH is 1. The average molecular weight is 443 g/mol. The van der Waals surface area contributed by atoms with E-state index in [9.17, 15) is 14.7 Å². The lowest BCUT2D eigenvalue weighted by Crippen LogP contribution is -2.29. The summed E-state index contributed by atoms with van der Waals surface area (Å²) in [5, 5.41) is 11.2. The van der Waals surface area contributed by atoms with Crippen molar-refractivity contribution in [1.29, 1.82) is 0 Å². The van der Waals surface area contributed by atoms with Crippen LogP contribution in [0.15, 0.2) is 78.6 Å². The molecule has 1 saturated heterocycles. The molecule has 0 spiro atoms. The summed E-state index contributed by atoms with van der Waals surface area (Å²) in [6.45, 7) is 4.74. The van der Waals surface area contributed by atoms with E-state index in [1.165, 1.54) is 4.90 Å². The number of pyridine rings is 1. The Balaban J connectivity index is 1.84. The van der Waals surface area contributed by atoms with Gasteiger partial charge in [-0.15, -0.1) is 0 Å². The molecule has 6 nitrogen and oxygen atoms in total. The Morgan fingerprint density at radius 1 is 1.06 bits per heavy atom. The second-order valence-corrected chi connectivity index (χ2v) is 8.07. The maximum Gasteiger partial charge on any atom is 0.295 e. The number of rotatable bonds is 7. The number of likely N-dealkylation sites (tertiary alicyclic amines) is 1. The number of amides is 1. The predicted molar refractivity (Wildman–Crippen MR) is 125 cm³/mol. The van der Waals surface area contributed by atoms with Crippen LogP contribution in [0.5, 0.6) is 5.75 Å². The zero-order valence-corrected chi connectivity index (χ0v) is 18.7. The number of ketones is 1. The van der Waals surface area contributed by atoms with Crippen molar-refractivity contribution in [2.45, 2.75) is 32.9 Å². The number of aliphatic hydroxyl groups is 1. The Kier molecular flexibility index (Phi) is 6.54. The van der Waals surface area contributed by atoms with Crippen LogP contribution in [-0.2, 0) is 16.1 Å².